The Balaban J connectivity index is 2.94. The highest BCUT2D eigenvalue weighted by molar-refractivity contribution is 14.1. The van der Waals surface area contributed by atoms with Crippen LogP contribution in [0.5, 0.6) is 0 Å². The van der Waals surface area contributed by atoms with Crippen LogP contribution in [0, 0.1) is 3.70 Å². The molecule has 0 saturated carbocycles. The van der Waals surface area contributed by atoms with Gasteiger partial charge in [-0.2, -0.15) is 0 Å². The molecular formula is C5H6IN3. The van der Waals surface area contributed by atoms with E-state index in [0.717, 1.165) is 9.52 Å². The lowest BCUT2D eigenvalue weighted by atomic mass is 10.7. The maximum Gasteiger partial charge on any atom is 0.145 e. The van der Waals surface area contributed by atoms with Crippen LogP contribution in [0.2, 0.25) is 0 Å². The van der Waals surface area contributed by atoms with Gasteiger partial charge < -0.3 is 5.32 Å². The van der Waals surface area contributed by atoms with Crippen LogP contribution in [0.1, 0.15) is 0 Å². The molecule has 9 heavy (non-hydrogen) atoms. The molecule has 0 fully saturated rings. The van der Waals surface area contributed by atoms with Gasteiger partial charge in [0.05, 0.1) is 12.4 Å². The normalized spacial score (nSPS) is 9.11. The fourth-order valence-electron chi connectivity index (χ4n) is 0.463. The third-order valence-corrected chi connectivity index (χ3v) is 1.38. The van der Waals surface area contributed by atoms with E-state index < -0.39 is 0 Å². The quantitative estimate of drug-likeness (QED) is 0.741. The zero-order valence-electron chi connectivity index (χ0n) is 4.93. The van der Waals surface area contributed by atoms with Crippen LogP contribution >= 0.6 is 22.6 Å². The first kappa shape index (κ1) is 6.73. The van der Waals surface area contributed by atoms with Gasteiger partial charge in [0, 0.05) is 7.05 Å². The van der Waals surface area contributed by atoms with Crippen LogP contribution in [-0.2, 0) is 0 Å². The van der Waals surface area contributed by atoms with Crippen LogP contribution in [0.15, 0.2) is 12.4 Å². The Bertz CT molecular complexity index is 201. The van der Waals surface area contributed by atoms with Crippen molar-refractivity contribution in [3.05, 3.63) is 16.1 Å². The number of nitrogens with zero attached hydrogens (tertiary/aromatic N) is 2. The molecule has 0 aliphatic carbocycles. The largest absolute Gasteiger partial charge is 0.372 e. The van der Waals surface area contributed by atoms with Gasteiger partial charge in [0.2, 0.25) is 0 Å². The monoisotopic (exact) mass is 235 g/mol. The summed E-state index contributed by atoms with van der Waals surface area (Å²) >= 11 is 2.12. The predicted molar refractivity (Wildman–Crippen MR) is 44.3 cm³/mol. The van der Waals surface area contributed by atoms with Crippen molar-refractivity contribution in [2.24, 2.45) is 0 Å². The topological polar surface area (TPSA) is 37.8 Å². The molecule has 1 heterocycles. The lowest BCUT2D eigenvalue weighted by Gasteiger charge is -1.95. The number of nitrogens with one attached hydrogen (secondary N) is 1. The first-order chi connectivity index (χ1) is 4.33. The van der Waals surface area contributed by atoms with Crippen LogP contribution < -0.4 is 5.32 Å². The zero-order valence-corrected chi connectivity index (χ0v) is 7.08. The number of hydrogen-bond acceptors (Lipinski definition) is 3. The maximum absolute atomic E-state index is 4.10. The molecule has 0 unspecified atom stereocenters. The third kappa shape index (κ3) is 1.78. The summed E-state index contributed by atoms with van der Waals surface area (Å²) in [5, 5.41) is 2.89. The second-order valence-electron chi connectivity index (χ2n) is 1.48. The van der Waals surface area contributed by atoms with Crippen molar-refractivity contribution in [3.63, 3.8) is 0 Å². The minimum absolute atomic E-state index is 0.807. The number of rotatable bonds is 1. The predicted octanol–water partition coefficient (Wildman–Crippen LogP) is 1.12. The molecule has 3 nitrogen and oxygen atoms in total. The zero-order chi connectivity index (χ0) is 6.69. The molecule has 0 atom stereocenters. The molecule has 1 aromatic heterocycles. The van der Waals surface area contributed by atoms with Crippen LogP contribution in [0.3, 0.4) is 0 Å². The molecule has 0 aliphatic heterocycles. The first-order valence-corrected chi connectivity index (χ1v) is 3.56. The number of anilines is 1. The van der Waals surface area contributed by atoms with Crippen LogP contribution in [0.25, 0.3) is 0 Å². The molecule has 0 aromatic carbocycles. The van der Waals surface area contributed by atoms with Gasteiger partial charge in [-0.25, -0.2) is 4.98 Å². The SMILES string of the molecule is CNc1cncc(I)n1. The summed E-state index contributed by atoms with van der Waals surface area (Å²) in [6, 6.07) is 0. The summed E-state index contributed by atoms with van der Waals surface area (Å²) in [7, 11) is 1.82. The van der Waals surface area contributed by atoms with E-state index in [2.05, 4.69) is 37.9 Å². The van der Waals surface area contributed by atoms with Gasteiger partial charge in [-0.3, -0.25) is 4.98 Å². The minimum atomic E-state index is 0.807. The van der Waals surface area contributed by atoms with Gasteiger partial charge in [-0.15, -0.1) is 0 Å². The molecule has 1 rings (SSSR count). The van der Waals surface area contributed by atoms with Crippen molar-refractivity contribution < 1.29 is 0 Å². The molecule has 0 spiro atoms. The highest BCUT2D eigenvalue weighted by atomic mass is 127. The van der Waals surface area contributed by atoms with E-state index in [1.54, 1.807) is 12.4 Å². The van der Waals surface area contributed by atoms with Crippen molar-refractivity contribution >= 4 is 28.4 Å². The van der Waals surface area contributed by atoms with Crippen molar-refractivity contribution in [2.75, 3.05) is 12.4 Å². The van der Waals surface area contributed by atoms with E-state index in [9.17, 15) is 0 Å². The molecule has 0 bridgehead atoms. The molecule has 0 saturated heterocycles. The Hall–Kier alpha value is -0.390. The van der Waals surface area contributed by atoms with E-state index in [1.807, 2.05) is 7.05 Å². The Morgan fingerprint density at radius 2 is 2.33 bits per heavy atom. The second kappa shape index (κ2) is 2.95. The second-order valence-corrected chi connectivity index (χ2v) is 2.58. The van der Waals surface area contributed by atoms with Gasteiger partial charge in [0.25, 0.3) is 0 Å². The van der Waals surface area contributed by atoms with Crippen molar-refractivity contribution in [1.29, 1.82) is 0 Å². The fourth-order valence-corrected chi connectivity index (χ4v) is 0.883. The average Bonchev–Trinajstić information content (AvgIpc) is 1.88. The van der Waals surface area contributed by atoms with Crippen LogP contribution in [-0.4, -0.2) is 17.0 Å². The van der Waals surface area contributed by atoms with Crippen molar-refractivity contribution in [2.45, 2.75) is 0 Å². The summed E-state index contributed by atoms with van der Waals surface area (Å²) in [5.41, 5.74) is 0. The molecule has 48 valence electrons. The molecule has 0 amide bonds. The summed E-state index contributed by atoms with van der Waals surface area (Å²) in [5.74, 6) is 0.807. The highest BCUT2D eigenvalue weighted by Crippen LogP contribution is 2.01. The number of halogens is 1. The molecule has 1 N–H and O–H groups in total. The van der Waals surface area contributed by atoms with Gasteiger partial charge in [0.15, 0.2) is 0 Å². The lowest BCUT2D eigenvalue weighted by Crippen LogP contribution is -1.93. The van der Waals surface area contributed by atoms with Gasteiger partial charge in [-0.05, 0) is 22.6 Å². The van der Waals surface area contributed by atoms with Gasteiger partial charge in [0.1, 0.15) is 9.52 Å². The van der Waals surface area contributed by atoms with Crippen molar-refractivity contribution in [1.82, 2.24) is 9.97 Å². The van der Waals surface area contributed by atoms with Gasteiger partial charge in [-0.1, -0.05) is 0 Å². The van der Waals surface area contributed by atoms with Gasteiger partial charge >= 0.3 is 0 Å². The fraction of sp³-hybridized carbons (Fsp3) is 0.200. The first-order valence-electron chi connectivity index (χ1n) is 2.48. The summed E-state index contributed by atoms with van der Waals surface area (Å²) < 4.78 is 0.902. The lowest BCUT2D eigenvalue weighted by molar-refractivity contribution is 1.15. The van der Waals surface area contributed by atoms with Crippen LogP contribution in [0.4, 0.5) is 5.82 Å². The molecular weight excluding hydrogens is 229 g/mol. The standard InChI is InChI=1S/C5H6IN3/c1-7-5-3-8-2-4(6)9-5/h2-3H,1H3,(H,7,9). The molecule has 0 radical (unpaired) electrons. The Labute approximate surface area is 67.0 Å². The smallest absolute Gasteiger partial charge is 0.145 e. The third-order valence-electron chi connectivity index (χ3n) is 0.861. The Morgan fingerprint density at radius 1 is 1.56 bits per heavy atom. The number of hydrogen-bond donors (Lipinski definition) is 1. The molecule has 1 aromatic rings. The number of aromatic nitrogens is 2. The maximum atomic E-state index is 4.10. The van der Waals surface area contributed by atoms with E-state index in [1.165, 1.54) is 0 Å². The Kier molecular flexibility index (Phi) is 2.21. The van der Waals surface area contributed by atoms with E-state index >= 15 is 0 Å². The average molecular weight is 235 g/mol. The summed E-state index contributed by atoms with van der Waals surface area (Å²) in [6.07, 6.45) is 3.39. The van der Waals surface area contributed by atoms with E-state index in [0.29, 0.717) is 0 Å². The molecule has 0 aliphatic rings. The minimum Gasteiger partial charge on any atom is -0.372 e. The van der Waals surface area contributed by atoms with E-state index in [-0.39, 0.29) is 0 Å². The Morgan fingerprint density at radius 3 is 2.78 bits per heavy atom. The van der Waals surface area contributed by atoms with Crippen molar-refractivity contribution in [3.8, 4) is 0 Å². The summed E-state index contributed by atoms with van der Waals surface area (Å²) in [4.78, 5) is 8.03. The highest BCUT2D eigenvalue weighted by Gasteiger charge is 1.89. The molecule has 4 heteroatoms. The summed E-state index contributed by atoms with van der Waals surface area (Å²) in [6.45, 7) is 0. The van der Waals surface area contributed by atoms with E-state index in [4.69, 9.17) is 0 Å².